The van der Waals surface area contributed by atoms with Gasteiger partial charge in [0.25, 0.3) is 0 Å². The maximum atomic E-state index is 2.70. The molecule has 4 aromatic carbocycles. The van der Waals surface area contributed by atoms with Crippen LogP contribution in [0.4, 0.5) is 0 Å². The van der Waals surface area contributed by atoms with Gasteiger partial charge >= 0.3 is 0 Å². The first-order chi connectivity index (χ1) is 22.0. The van der Waals surface area contributed by atoms with Crippen LogP contribution in [0.25, 0.3) is 0 Å². The van der Waals surface area contributed by atoms with Gasteiger partial charge in [0.05, 0.1) is 0 Å². The van der Waals surface area contributed by atoms with Crippen molar-refractivity contribution < 1.29 is 0 Å². The van der Waals surface area contributed by atoms with Gasteiger partial charge in [0.2, 0.25) is 0 Å². The van der Waals surface area contributed by atoms with Crippen LogP contribution < -0.4 is 0 Å². The molecule has 4 bridgehead atoms. The molecule has 0 aromatic heterocycles. The van der Waals surface area contributed by atoms with E-state index in [2.05, 4.69) is 138 Å². The zero-order valence-corrected chi connectivity index (χ0v) is 34.0. The minimum atomic E-state index is -0.319. The number of hydrogen-bond donors (Lipinski definition) is 0. The highest BCUT2D eigenvalue weighted by molar-refractivity contribution is 5.85. The first-order valence-electron chi connectivity index (χ1n) is 18.5. The smallest absolute Gasteiger partial charge is 0.0321 e. The van der Waals surface area contributed by atoms with E-state index in [0.29, 0.717) is 0 Å². The van der Waals surface area contributed by atoms with Gasteiger partial charge in [0, 0.05) is 21.7 Å². The Kier molecular flexibility index (Phi) is 6.50. The molecule has 0 amide bonds. The lowest BCUT2D eigenvalue weighted by molar-refractivity contribution is 0.229. The van der Waals surface area contributed by atoms with Crippen LogP contribution >= 0.6 is 0 Å². The highest BCUT2D eigenvalue weighted by atomic mass is 14.7. The van der Waals surface area contributed by atoms with Gasteiger partial charge in [-0.15, -0.1) is 0 Å². The minimum Gasteiger partial charge on any atom is -0.0502 e. The Labute approximate surface area is 292 Å². The van der Waals surface area contributed by atoms with Crippen LogP contribution in [0.2, 0.25) is 0 Å². The second-order valence-electron chi connectivity index (χ2n) is 17.5. The standard InChI is InChI=1S/C48H60/c1-21-22(2)30(10)38-37(29(21)9)45(17)39-31(11)23(3)24(4)32(12)40(39)46(38,18)48(20)43-35(15)27(7)25(5)33(13)41(43)47(45,19)42-34(14)26(6)28(8)36(16)44(42)48/h1-20H3. The molecule has 4 aromatic rings. The van der Waals surface area contributed by atoms with E-state index >= 15 is 0 Å². The summed E-state index contributed by atoms with van der Waals surface area (Å²) in [5.74, 6) is 0. The SMILES string of the molecule is Cc1c(C)c(C)c2c(c1C)C1(C)c3c(C)c(C)c(C)c(C)c3C2(C)C2(C)c3c(C)c(C)c(C)c(C)c3C1(C)c1c(C)c(C)c(C)c(C)c12. The molecular formula is C48H60. The van der Waals surface area contributed by atoms with Gasteiger partial charge in [0.1, 0.15) is 0 Å². The van der Waals surface area contributed by atoms with Crippen molar-refractivity contribution in [2.75, 3.05) is 0 Å². The Bertz CT molecular complexity index is 1770. The van der Waals surface area contributed by atoms with Gasteiger partial charge in [-0.3, -0.25) is 0 Å². The lowest BCUT2D eigenvalue weighted by Gasteiger charge is -2.69. The van der Waals surface area contributed by atoms with Crippen LogP contribution in [0.1, 0.15) is 161 Å². The van der Waals surface area contributed by atoms with E-state index < -0.39 is 0 Å². The van der Waals surface area contributed by atoms with E-state index in [4.69, 9.17) is 0 Å². The highest BCUT2D eigenvalue weighted by Gasteiger charge is 2.71. The summed E-state index contributed by atoms with van der Waals surface area (Å²) in [5, 5.41) is 0. The first kappa shape index (κ1) is 33.4. The Morgan fingerprint density at radius 1 is 0.167 bits per heavy atom. The lowest BCUT2D eigenvalue weighted by Crippen LogP contribution is -2.66. The maximum absolute atomic E-state index is 2.70. The average Bonchev–Trinajstić information content (AvgIpc) is 3.04. The van der Waals surface area contributed by atoms with Crippen molar-refractivity contribution in [1.82, 2.24) is 0 Å². The molecule has 0 saturated carbocycles. The van der Waals surface area contributed by atoms with Crippen molar-refractivity contribution in [3.05, 3.63) is 134 Å². The molecule has 0 aliphatic heterocycles. The van der Waals surface area contributed by atoms with Crippen molar-refractivity contribution in [3.8, 4) is 0 Å². The van der Waals surface area contributed by atoms with Gasteiger partial charge in [-0.05, 0) is 244 Å². The van der Waals surface area contributed by atoms with Crippen LogP contribution in [0.3, 0.4) is 0 Å². The summed E-state index contributed by atoms with van der Waals surface area (Å²) in [6.45, 7) is 49.7. The summed E-state index contributed by atoms with van der Waals surface area (Å²) in [6.07, 6.45) is 0. The fourth-order valence-electron chi connectivity index (χ4n) is 12.8. The van der Waals surface area contributed by atoms with Gasteiger partial charge in [-0.25, -0.2) is 0 Å². The normalized spacial score (nSPS) is 26.2. The largest absolute Gasteiger partial charge is 0.0502 e. The molecule has 0 heteroatoms. The zero-order valence-electron chi connectivity index (χ0n) is 34.0. The quantitative estimate of drug-likeness (QED) is 0.180. The molecule has 0 nitrogen and oxygen atoms in total. The van der Waals surface area contributed by atoms with E-state index in [1.807, 2.05) is 0 Å². The molecule has 0 radical (unpaired) electrons. The second-order valence-corrected chi connectivity index (χ2v) is 17.5. The highest BCUT2D eigenvalue weighted by Crippen LogP contribution is 2.75. The fraction of sp³-hybridized carbons (Fsp3) is 0.500. The molecular weight excluding hydrogens is 577 g/mol. The van der Waals surface area contributed by atoms with Crippen LogP contribution in [-0.4, -0.2) is 0 Å². The molecule has 0 heterocycles. The van der Waals surface area contributed by atoms with E-state index in [9.17, 15) is 0 Å². The summed E-state index contributed by atoms with van der Waals surface area (Å²) in [6, 6.07) is 0. The van der Waals surface area contributed by atoms with Crippen molar-refractivity contribution in [3.63, 3.8) is 0 Å². The van der Waals surface area contributed by atoms with E-state index in [0.717, 1.165) is 0 Å². The van der Waals surface area contributed by atoms with Crippen LogP contribution in [-0.2, 0) is 21.7 Å². The fourth-order valence-corrected chi connectivity index (χ4v) is 12.8. The molecule has 252 valence electrons. The van der Waals surface area contributed by atoms with Gasteiger partial charge in [-0.2, -0.15) is 0 Å². The number of hydrogen-bond acceptors (Lipinski definition) is 0. The maximum Gasteiger partial charge on any atom is 0.0321 e. The molecule has 0 saturated heterocycles. The van der Waals surface area contributed by atoms with E-state index in [1.165, 1.54) is 89.0 Å². The third-order valence-corrected chi connectivity index (χ3v) is 16.8. The summed E-state index contributed by atoms with van der Waals surface area (Å²) in [7, 11) is 0. The van der Waals surface area contributed by atoms with Crippen molar-refractivity contribution in [1.29, 1.82) is 0 Å². The molecule has 6 aliphatic carbocycles. The van der Waals surface area contributed by atoms with Crippen molar-refractivity contribution in [2.45, 2.75) is 160 Å². The Hall–Kier alpha value is -3.12. The van der Waals surface area contributed by atoms with Gasteiger partial charge in [-0.1, -0.05) is 27.7 Å². The summed E-state index contributed by atoms with van der Waals surface area (Å²) >= 11 is 0. The summed E-state index contributed by atoms with van der Waals surface area (Å²) < 4.78 is 0. The molecule has 0 spiro atoms. The third kappa shape index (κ3) is 2.98. The van der Waals surface area contributed by atoms with Crippen molar-refractivity contribution >= 4 is 0 Å². The summed E-state index contributed by atoms with van der Waals surface area (Å²) in [5.41, 5.74) is 35.3. The number of rotatable bonds is 0. The first-order valence-corrected chi connectivity index (χ1v) is 18.5. The Morgan fingerprint density at radius 3 is 0.333 bits per heavy atom. The van der Waals surface area contributed by atoms with Gasteiger partial charge in [0.15, 0.2) is 0 Å². The molecule has 0 unspecified atom stereocenters. The topological polar surface area (TPSA) is 0 Å². The summed E-state index contributed by atoms with van der Waals surface area (Å²) in [4.78, 5) is 0. The Balaban J connectivity index is 2.01. The predicted molar refractivity (Wildman–Crippen MR) is 207 cm³/mol. The van der Waals surface area contributed by atoms with E-state index in [-0.39, 0.29) is 21.7 Å². The molecule has 0 fully saturated rings. The predicted octanol–water partition coefficient (Wildman–Crippen LogP) is 12.2. The van der Waals surface area contributed by atoms with Crippen LogP contribution in [0, 0.1) is 111 Å². The Morgan fingerprint density at radius 2 is 0.250 bits per heavy atom. The number of benzene rings is 4. The zero-order chi connectivity index (χ0) is 35.9. The lowest BCUT2D eigenvalue weighted by atomic mass is 9.32. The molecule has 10 rings (SSSR count). The molecule has 6 aliphatic rings. The van der Waals surface area contributed by atoms with Gasteiger partial charge < -0.3 is 0 Å². The van der Waals surface area contributed by atoms with E-state index in [1.54, 1.807) is 44.5 Å². The van der Waals surface area contributed by atoms with Crippen LogP contribution in [0.5, 0.6) is 0 Å². The monoisotopic (exact) mass is 636 g/mol. The molecule has 48 heavy (non-hydrogen) atoms. The molecule has 0 atom stereocenters. The van der Waals surface area contributed by atoms with Crippen molar-refractivity contribution in [2.24, 2.45) is 0 Å². The van der Waals surface area contributed by atoms with Crippen LogP contribution in [0.15, 0.2) is 0 Å². The average molecular weight is 637 g/mol. The molecule has 0 N–H and O–H groups in total. The second kappa shape index (κ2) is 9.35. The minimum absolute atomic E-state index is 0.319. The third-order valence-electron chi connectivity index (χ3n) is 16.8.